The van der Waals surface area contributed by atoms with Crippen LogP contribution in [0.2, 0.25) is 0 Å². The number of nitro benzene ring substituents is 1. The van der Waals surface area contributed by atoms with Gasteiger partial charge in [-0.2, -0.15) is 13.2 Å². The zero-order chi connectivity index (χ0) is 22.8. The van der Waals surface area contributed by atoms with Crippen LogP contribution < -0.4 is 5.32 Å². The number of alkyl halides is 3. The molecule has 1 atom stereocenters. The maximum absolute atomic E-state index is 12.9. The van der Waals surface area contributed by atoms with E-state index in [1.807, 2.05) is 0 Å². The molecule has 1 N–H and O–H groups in total. The quantitative estimate of drug-likeness (QED) is 0.571. The van der Waals surface area contributed by atoms with E-state index in [1.54, 1.807) is 0 Å². The Morgan fingerprint density at radius 2 is 1.87 bits per heavy atom. The fraction of sp³-hybridized carbons (Fsp3) is 0.333. The van der Waals surface area contributed by atoms with Gasteiger partial charge >= 0.3 is 6.18 Å². The van der Waals surface area contributed by atoms with Crippen LogP contribution in [0, 0.1) is 17.0 Å². The molecule has 10 heteroatoms. The number of aryl methyl sites for hydroxylation is 1. The van der Waals surface area contributed by atoms with Crippen LogP contribution in [0.25, 0.3) is 0 Å². The van der Waals surface area contributed by atoms with Gasteiger partial charge in [-0.05, 0) is 49.6 Å². The van der Waals surface area contributed by atoms with Crippen LogP contribution in [0.1, 0.15) is 39.9 Å². The van der Waals surface area contributed by atoms with E-state index in [2.05, 4.69) is 5.32 Å². The molecule has 7 nitrogen and oxygen atoms in total. The number of benzene rings is 2. The van der Waals surface area contributed by atoms with E-state index in [1.165, 1.54) is 42.2 Å². The van der Waals surface area contributed by atoms with Gasteiger partial charge < -0.3 is 10.2 Å². The largest absolute Gasteiger partial charge is 0.416 e. The second-order valence-electron chi connectivity index (χ2n) is 7.33. The second kappa shape index (κ2) is 8.75. The van der Waals surface area contributed by atoms with Gasteiger partial charge in [0.2, 0.25) is 5.91 Å². The summed E-state index contributed by atoms with van der Waals surface area (Å²) in [4.78, 5) is 37.3. The number of nitro groups is 1. The highest BCUT2D eigenvalue weighted by atomic mass is 19.4. The third-order valence-electron chi connectivity index (χ3n) is 5.20. The number of likely N-dealkylation sites (tertiary alicyclic amines) is 1. The van der Waals surface area contributed by atoms with Crippen LogP contribution in [0.4, 0.5) is 18.9 Å². The minimum Gasteiger partial charge on any atom is -0.350 e. The van der Waals surface area contributed by atoms with Crippen molar-refractivity contribution < 1.29 is 27.7 Å². The summed E-state index contributed by atoms with van der Waals surface area (Å²) in [5.41, 5.74) is 0.240. The molecule has 2 aromatic carbocycles. The molecule has 1 fully saturated rings. The summed E-state index contributed by atoms with van der Waals surface area (Å²) in [6, 6.07) is 7.82. The summed E-state index contributed by atoms with van der Waals surface area (Å²) < 4.78 is 37.9. The molecule has 1 aliphatic rings. The second-order valence-corrected chi connectivity index (χ2v) is 7.33. The summed E-state index contributed by atoms with van der Waals surface area (Å²) >= 11 is 0. The third kappa shape index (κ3) is 5.01. The highest BCUT2D eigenvalue weighted by Crippen LogP contribution is 2.29. The molecule has 31 heavy (non-hydrogen) atoms. The standard InChI is InChI=1S/C21H20F3N3O4/c1-13-11-15(6-9-17(13)27(30)31)20(29)26-10-2-3-18(26)19(28)25-12-14-4-7-16(8-5-14)21(22,23)24/h4-9,11,18H,2-3,10,12H2,1H3,(H,25,28). The molecule has 0 aromatic heterocycles. The highest BCUT2D eigenvalue weighted by Gasteiger charge is 2.35. The van der Waals surface area contributed by atoms with E-state index in [4.69, 9.17) is 0 Å². The fourth-order valence-corrected chi connectivity index (χ4v) is 3.56. The van der Waals surface area contributed by atoms with Crippen molar-refractivity contribution in [1.82, 2.24) is 10.2 Å². The summed E-state index contributed by atoms with van der Waals surface area (Å²) in [5.74, 6) is -0.797. The van der Waals surface area contributed by atoms with Gasteiger partial charge in [0.25, 0.3) is 11.6 Å². The van der Waals surface area contributed by atoms with Crippen molar-refractivity contribution in [2.24, 2.45) is 0 Å². The molecule has 0 radical (unpaired) electrons. The Morgan fingerprint density at radius 1 is 1.19 bits per heavy atom. The Labute approximate surface area is 176 Å². The maximum atomic E-state index is 12.9. The number of nitrogens with zero attached hydrogens (tertiary/aromatic N) is 2. The molecule has 0 aliphatic carbocycles. The molecule has 2 amide bonds. The van der Waals surface area contributed by atoms with Crippen LogP contribution >= 0.6 is 0 Å². The Bertz CT molecular complexity index is 1010. The van der Waals surface area contributed by atoms with Crippen LogP contribution in [0.3, 0.4) is 0 Å². The first kappa shape index (κ1) is 22.3. The van der Waals surface area contributed by atoms with E-state index in [-0.39, 0.29) is 17.8 Å². The zero-order valence-electron chi connectivity index (χ0n) is 16.6. The molecule has 1 heterocycles. The number of carbonyl (C=O) groups excluding carboxylic acids is 2. The highest BCUT2D eigenvalue weighted by molar-refractivity contribution is 5.98. The average molecular weight is 435 g/mol. The first-order chi connectivity index (χ1) is 14.6. The van der Waals surface area contributed by atoms with Crippen molar-refractivity contribution in [2.75, 3.05) is 6.54 Å². The van der Waals surface area contributed by atoms with Crippen LogP contribution in [0.15, 0.2) is 42.5 Å². The number of amides is 2. The van der Waals surface area contributed by atoms with Crippen molar-refractivity contribution in [3.8, 4) is 0 Å². The number of hydrogen-bond donors (Lipinski definition) is 1. The van der Waals surface area contributed by atoms with Crippen LogP contribution in [0.5, 0.6) is 0 Å². The minimum absolute atomic E-state index is 0.0339. The number of nitrogens with one attached hydrogen (secondary N) is 1. The first-order valence-corrected chi connectivity index (χ1v) is 9.58. The Hall–Kier alpha value is -3.43. The van der Waals surface area contributed by atoms with Crippen LogP contribution in [-0.2, 0) is 17.5 Å². The number of rotatable bonds is 5. The number of hydrogen-bond acceptors (Lipinski definition) is 4. The molecule has 1 unspecified atom stereocenters. The normalized spacial score (nSPS) is 16.3. The van der Waals surface area contributed by atoms with Gasteiger partial charge in [0.1, 0.15) is 6.04 Å². The van der Waals surface area contributed by atoms with Gasteiger partial charge in [-0.1, -0.05) is 12.1 Å². The number of halogens is 3. The molecule has 3 rings (SSSR count). The van der Waals surface area contributed by atoms with Gasteiger partial charge in [0.05, 0.1) is 10.5 Å². The summed E-state index contributed by atoms with van der Waals surface area (Å²) in [7, 11) is 0. The van der Waals surface area contributed by atoms with Crippen molar-refractivity contribution in [3.05, 3.63) is 74.8 Å². The van der Waals surface area contributed by atoms with Gasteiger partial charge in [-0.15, -0.1) is 0 Å². The molecule has 1 aliphatic heterocycles. The predicted molar refractivity (Wildman–Crippen MR) is 105 cm³/mol. The molecule has 1 saturated heterocycles. The average Bonchev–Trinajstić information content (AvgIpc) is 3.20. The molecule has 164 valence electrons. The van der Waals surface area contributed by atoms with E-state index in [0.717, 1.165) is 12.1 Å². The zero-order valence-corrected chi connectivity index (χ0v) is 16.6. The van der Waals surface area contributed by atoms with E-state index in [0.29, 0.717) is 30.5 Å². The predicted octanol–water partition coefficient (Wildman–Crippen LogP) is 3.84. The lowest BCUT2D eigenvalue weighted by Gasteiger charge is -2.24. The Kier molecular flexibility index (Phi) is 6.28. The van der Waals surface area contributed by atoms with Gasteiger partial charge in [0.15, 0.2) is 0 Å². The Morgan fingerprint density at radius 3 is 2.45 bits per heavy atom. The van der Waals surface area contributed by atoms with E-state index < -0.39 is 34.5 Å². The molecule has 0 bridgehead atoms. The van der Waals surface area contributed by atoms with Crippen molar-refractivity contribution in [3.63, 3.8) is 0 Å². The topological polar surface area (TPSA) is 92.6 Å². The molecule has 0 saturated carbocycles. The number of carbonyl (C=O) groups is 2. The maximum Gasteiger partial charge on any atom is 0.416 e. The lowest BCUT2D eigenvalue weighted by Crippen LogP contribution is -2.45. The van der Waals surface area contributed by atoms with Crippen LogP contribution in [-0.4, -0.2) is 34.2 Å². The summed E-state index contributed by atoms with van der Waals surface area (Å²) in [6.45, 7) is 1.94. The summed E-state index contributed by atoms with van der Waals surface area (Å²) in [6.07, 6.45) is -3.35. The molecule has 0 spiro atoms. The smallest absolute Gasteiger partial charge is 0.350 e. The molecular weight excluding hydrogens is 415 g/mol. The van der Waals surface area contributed by atoms with E-state index >= 15 is 0 Å². The van der Waals surface area contributed by atoms with Gasteiger partial charge in [-0.25, -0.2) is 0 Å². The summed E-state index contributed by atoms with van der Waals surface area (Å²) in [5, 5.41) is 13.6. The third-order valence-corrected chi connectivity index (χ3v) is 5.20. The molecular formula is C21H20F3N3O4. The molecule has 2 aromatic rings. The Balaban J connectivity index is 1.65. The van der Waals surface area contributed by atoms with Crippen molar-refractivity contribution in [2.45, 2.75) is 38.5 Å². The van der Waals surface area contributed by atoms with E-state index in [9.17, 15) is 32.9 Å². The monoisotopic (exact) mass is 435 g/mol. The van der Waals surface area contributed by atoms with Crippen molar-refractivity contribution in [1.29, 1.82) is 0 Å². The lowest BCUT2D eigenvalue weighted by molar-refractivity contribution is -0.385. The lowest BCUT2D eigenvalue weighted by atomic mass is 10.1. The first-order valence-electron chi connectivity index (χ1n) is 9.58. The SMILES string of the molecule is Cc1cc(C(=O)N2CCCC2C(=O)NCc2ccc(C(F)(F)F)cc2)ccc1[N+](=O)[O-]. The fourth-order valence-electron chi connectivity index (χ4n) is 3.56. The van der Waals surface area contributed by atoms with Gasteiger partial charge in [-0.3, -0.25) is 19.7 Å². The van der Waals surface area contributed by atoms with Gasteiger partial charge in [0, 0.05) is 30.3 Å². The van der Waals surface area contributed by atoms with Crippen molar-refractivity contribution >= 4 is 17.5 Å². The minimum atomic E-state index is -4.43.